The average molecular weight is 189 g/mol. The normalized spacial score (nSPS) is 28.3. The third-order valence-corrected chi connectivity index (χ3v) is 2.68. The number of carbonyl (C=O) groups excluding carboxylic acids is 2. The first-order valence-corrected chi connectivity index (χ1v) is 4.69. The van der Waals surface area contributed by atoms with Crippen molar-refractivity contribution >= 4 is 23.0 Å². The number of rotatable bonds is 2. The van der Waals surface area contributed by atoms with Crippen LogP contribution in [0, 0.1) is 0 Å². The Hall–Kier alpha value is -0.710. The molecule has 1 fully saturated rings. The lowest BCUT2D eigenvalue weighted by Crippen LogP contribution is -2.48. The summed E-state index contributed by atoms with van der Waals surface area (Å²) in [6, 6.07) is 0. The summed E-state index contributed by atoms with van der Waals surface area (Å²) in [7, 11) is 0. The number of hydrogen-bond donors (Lipinski definition) is 1. The maximum absolute atomic E-state index is 11.3. The molecular weight excluding hydrogens is 178 g/mol. The van der Waals surface area contributed by atoms with Crippen LogP contribution < -0.4 is 5.32 Å². The van der Waals surface area contributed by atoms with Crippen LogP contribution in [-0.2, 0) is 9.53 Å². The van der Waals surface area contributed by atoms with Crippen molar-refractivity contribution in [1.82, 2.24) is 5.32 Å². The van der Waals surface area contributed by atoms with Crippen molar-refractivity contribution in [2.45, 2.75) is 19.4 Å². The summed E-state index contributed by atoms with van der Waals surface area (Å²) in [4.78, 5) is 22.1. The Kier molecular flexibility index (Phi) is 2.62. The van der Waals surface area contributed by atoms with Crippen molar-refractivity contribution < 1.29 is 14.3 Å². The molecule has 1 N–H and O–H groups in total. The zero-order valence-electron chi connectivity index (χ0n) is 7.05. The van der Waals surface area contributed by atoms with Gasteiger partial charge in [0.1, 0.15) is 5.54 Å². The minimum atomic E-state index is -0.822. The molecule has 1 aliphatic rings. The van der Waals surface area contributed by atoms with Crippen LogP contribution in [0.25, 0.3) is 0 Å². The third kappa shape index (κ3) is 1.72. The Bertz CT molecular complexity index is 219. The molecule has 0 saturated carbocycles. The fraction of sp³-hybridized carbons (Fsp3) is 0.714. The second-order valence-corrected chi connectivity index (χ2v) is 3.70. The monoisotopic (exact) mass is 189 g/mol. The molecule has 0 spiro atoms. The van der Waals surface area contributed by atoms with Crippen LogP contribution in [-0.4, -0.2) is 29.1 Å². The summed E-state index contributed by atoms with van der Waals surface area (Å²) in [5, 5.41) is 2.40. The Morgan fingerprint density at radius 3 is 2.92 bits per heavy atom. The molecule has 68 valence electrons. The number of ether oxygens (including phenoxy) is 1. The first kappa shape index (κ1) is 9.38. The molecule has 1 unspecified atom stereocenters. The van der Waals surface area contributed by atoms with Crippen molar-refractivity contribution in [2.24, 2.45) is 0 Å². The van der Waals surface area contributed by atoms with Gasteiger partial charge in [-0.3, -0.25) is 4.79 Å². The number of esters is 1. The van der Waals surface area contributed by atoms with Gasteiger partial charge in [-0.05, 0) is 13.8 Å². The van der Waals surface area contributed by atoms with E-state index < -0.39 is 5.54 Å². The molecule has 12 heavy (non-hydrogen) atoms. The highest BCUT2D eigenvalue weighted by Gasteiger charge is 2.41. The van der Waals surface area contributed by atoms with Crippen LogP contribution in [0.4, 0.5) is 4.79 Å². The molecular formula is C7H11NO3S. The van der Waals surface area contributed by atoms with Gasteiger partial charge in [0.2, 0.25) is 0 Å². The van der Waals surface area contributed by atoms with Crippen LogP contribution in [0.1, 0.15) is 13.8 Å². The van der Waals surface area contributed by atoms with Crippen LogP contribution >= 0.6 is 11.8 Å². The van der Waals surface area contributed by atoms with Crippen LogP contribution in [0.5, 0.6) is 0 Å². The standard InChI is InChI=1S/C7H11NO3S/c1-3-11-5(9)7(2)4-12-6(10)8-7/h3-4H2,1-2H3,(H,8,10). The average Bonchev–Trinajstić information content (AvgIpc) is 2.33. The number of amides is 1. The second kappa shape index (κ2) is 3.35. The fourth-order valence-electron chi connectivity index (χ4n) is 0.908. The SMILES string of the molecule is CCOC(=O)C1(C)CSC(=O)N1. The van der Waals surface area contributed by atoms with E-state index in [4.69, 9.17) is 4.74 Å². The predicted molar refractivity (Wildman–Crippen MR) is 46.0 cm³/mol. The molecule has 1 saturated heterocycles. The van der Waals surface area contributed by atoms with Crippen LogP contribution in [0.3, 0.4) is 0 Å². The molecule has 0 aliphatic carbocycles. The van der Waals surface area contributed by atoms with Gasteiger partial charge in [0.05, 0.1) is 6.61 Å². The number of carbonyl (C=O) groups is 2. The van der Waals surface area contributed by atoms with Gasteiger partial charge in [0.25, 0.3) is 5.24 Å². The van der Waals surface area contributed by atoms with Gasteiger partial charge in [-0.15, -0.1) is 0 Å². The lowest BCUT2D eigenvalue weighted by molar-refractivity contribution is -0.148. The molecule has 0 aromatic heterocycles. The van der Waals surface area contributed by atoms with E-state index in [1.165, 1.54) is 0 Å². The first-order valence-electron chi connectivity index (χ1n) is 3.70. The predicted octanol–water partition coefficient (Wildman–Crippen LogP) is 0.765. The van der Waals surface area contributed by atoms with Crippen molar-refractivity contribution in [3.05, 3.63) is 0 Å². The minimum Gasteiger partial charge on any atom is -0.464 e. The molecule has 0 radical (unpaired) electrons. The summed E-state index contributed by atoms with van der Waals surface area (Å²) in [5.74, 6) is 0.0911. The molecule has 1 amide bonds. The van der Waals surface area contributed by atoms with Gasteiger partial charge in [-0.2, -0.15) is 0 Å². The van der Waals surface area contributed by atoms with E-state index in [9.17, 15) is 9.59 Å². The van der Waals surface area contributed by atoms with E-state index in [0.717, 1.165) is 11.8 Å². The van der Waals surface area contributed by atoms with E-state index in [0.29, 0.717) is 12.4 Å². The van der Waals surface area contributed by atoms with E-state index in [1.54, 1.807) is 13.8 Å². The molecule has 5 heteroatoms. The van der Waals surface area contributed by atoms with Gasteiger partial charge >= 0.3 is 5.97 Å². The smallest absolute Gasteiger partial charge is 0.332 e. The van der Waals surface area contributed by atoms with E-state index in [2.05, 4.69) is 5.32 Å². The maximum Gasteiger partial charge on any atom is 0.332 e. The van der Waals surface area contributed by atoms with Crippen molar-refractivity contribution in [1.29, 1.82) is 0 Å². The Morgan fingerprint density at radius 1 is 1.83 bits per heavy atom. The molecule has 1 aliphatic heterocycles. The minimum absolute atomic E-state index is 0.162. The maximum atomic E-state index is 11.3. The Balaban J connectivity index is 2.60. The van der Waals surface area contributed by atoms with Crippen LogP contribution in [0.2, 0.25) is 0 Å². The fourth-order valence-corrected chi connectivity index (χ4v) is 1.81. The first-order chi connectivity index (χ1) is 5.58. The molecule has 0 aromatic carbocycles. The molecule has 1 heterocycles. The summed E-state index contributed by atoms with van der Waals surface area (Å²) < 4.78 is 4.81. The highest BCUT2D eigenvalue weighted by Crippen LogP contribution is 2.23. The topological polar surface area (TPSA) is 55.4 Å². The van der Waals surface area contributed by atoms with Gasteiger partial charge in [0, 0.05) is 5.75 Å². The summed E-state index contributed by atoms with van der Waals surface area (Å²) in [6.45, 7) is 3.75. The second-order valence-electron chi connectivity index (χ2n) is 2.75. The zero-order valence-corrected chi connectivity index (χ0v) is 7.86. The lowest BCUT2D eigenvalue weighted by Gasteiger charge is -2.19. The van der Waals surface area contributed by atoms with Gasteiger partial charge < -0.3 is 10.1 Å². The summed E-state index contributed by atoms with van der Waals surface area (Å²) >= 11 is 1.11. The summed E-state index contributed by atoms with van der Waals surface area (Å²) in [6.07, 6.45) is 0. The number of thioether (sulfide) groups is 1. The largest absolute Gasteiger partial charge is 0.464 e. The van der Waals surface area contributed by atoms with E-state index >= 15 is 0 Å². The number of hydrogen-bond acceptors (Lipinski definition) is 4. The van der Waals surface area contributed by atoms with Gasteiger partial charge in [0.15, 0.2) is 0 Å². The molecule has 0 bridgehead atoms. The quantitative estimate of drug-likeness (QED) is 0.652. The molecule has 1 rings (SSSR count). The van der Waals surface area contributed by atoms with Crippen molar-refractivity contribution in [2.75, 3.05) is 12.4 Å². The zero-order chi connectivity index (χ0) is 9.19. The highest BCUT2D eigenvalue weighted by atomic mass is 32.2. The Morgan fingerprint density at radius 2 is 2.50 bits per heavy atom. The van der Waals surface area contributed by atoms with E-state index in [-0.39, 0.29) is 11.2 Å². The van der Waals surface area contributed by atoms with Crippen molar-refractivity contribution in [3.63, 3.8) is 0 Å². The molecule has 0 aromatic rings. The lowest BCUT2D eigenvalue weighted by atomic mass is 10.1. The molecule has 1 atom stereocenters. The molecule has 4 nitrogen and oxygen atoms in total. The van der Waals surface area contributed by atoms with Gasteiger partial charge in [-0.1, -0.05) is 11.8 Å². The number of nitrogens with one attached hydrogen (secondary N) is 1. The third-order valence-electron chi connectivity index (χ3n) is 1.60. The van der Waals surface area contributed by atoms with Gasteiger partial charge in [-0.25, -0.2) is 4.79 Å². The highest BCUT2D eigenvalue weighted by molar-refractivity contribution is 8.14. The summed E-state index contributed by atoms with van der Waals surface area (Å²) in [5.41, 5.74) is -0.822. The van der Waals surface area contributed by atoms with Crippen LogP contribution in [0.15, 0.2) is 0 Å². The Labute approximate surface area is 75.0 Å². The van der Waals surface area contributed by atoms with E-state index in [1.807, 2.05) is 0 Å². The van der Waals surface area contributed by atoms with Crippen molar-refractivity contribution in [3.8, 4) is 0 Å².